The fourth-order valence-electron chi connectivity index (χ4n) is 5.80. The van der Waals surface area contributed by atoms with Crippen LogP contribution in [0.5, 0.6) is 5.75 Å². The molecule has 3 amide bonds. The SMILES string of the molecule is COc1ccc(CC(NC(=O)C(C)NC(=O)[C@@H]2CC[C@H](O)C2)C(=O)NC(CC2CCCC2)C(=O)C2(C)CO2)cc1. The first-order valence-corrected chi connectivity index (χ1v) is 14.5. The van der Waals surface area contributed by atoms with Gasteiger partial charge in [0.15, 0.2) is 5.78 Å². The lowest BCUT2D eigenvalue weighted by atomic mass is 9.90. The number of amides is 3. The number of ether oxygens (including phenoxy) is 2. The number of epoxide rings is 1. The van der Waals surface area contributed by atoms with Crippen molar-refractivity contribution in [2.24, 2.45) is 11.8 Å². The van der Waals surface area contributed by atoms with E-state index in [0.717, 1.165) is 31.2 Å². The predicted molar refractivity (Wildman–Crippen MR) is 147 cm³/mol. The molecule has 40 heavy (non-hydrogen) atoms. The number of carbonyl (C=O) groups excluding carboxylic acids is 4. The van der Waals surface area contributed by atoms with Crippen LogP contribution in [0.3, 0.4) is 0 Å². The van der Waals surface area contributed by atoms with Crippen molar-refractivity contribution in [2.75, 3.05) is 13.7 Å². The van der Waals surface area contributed by atoms with Gasteiger partial charge in [0.25, 0.3) is 0 Å². The quantitative estimate of drug-likeness (QED) is 0.271. The smallest absolute Gasteiger partial charge is 0.243 e. The molecule has 0 aromatic heterocycles. The van der Waals surface area contributed by atoms with Gasteiger partial charge in [-0.1, -0.05) is 37.8 Å². The summed E-state index contributed by atoms with van der Waals surface area (Å²) in [7, 11) is 1.57. The Morgan fingerprint density at radius 3 is 2.23 bits per heavy atom. The molecule has 0 radical (unpaired) electrons. The van der Waals surface area contributed by atoms with Gasteiger partial charge in [0.05, 0.1) is 25.9 Å². The topological polar surface area (TPSA) is 146 Å². The van der Waals surface area contributed by atoms with Crippen LogP contribution in [-0.4, -0.2) is 72.2 Å². The fraction of sp³-hybridized carbons (Fsp3) is 0.667. The van der Waals surface area contributed by atoms with E-state index >= 15 is 0 Å². The van der Waals surface area contributed by atoms with E-state index in [1.165, 1.54) is 0 Å². The highest BCUT2D eigenvalue weighted by molar-refractivity contribution is 5.98. The second-order valence-electron chi connectivity index (χ2n) is 11.8. The maximum Gasteiger partial charge on any atom is 0.243 e. The molecule has 0 spiro atoms. The van der Waals surface area contributed by atoms with Crippen LogP contribution in [0.25, 0.3) is 0 Å². The first kappa shape index (κ1) is 30.0. The zero-order chi connectivity index (χ0) is 28.9. The molecule has 3 fully saturated rings. The van der Waals surface area contributed by atoms with E-state index in [1.54, 1.807) is 33.1 Å². The van der Waals surface area contributed by atoms with Crippen molar-refractivity contribution in [3.8, 4) is 5.75 Å². The molecule has 0 bridgehead atoms. The van der Waals surface area contributed by atoms with Crippen molar-refractivity contribution in [2.45, 2.75) is 101 Å². The van der Waals surface area contributed by atoms with Crippen molar-refractivity contribution in [3.63, 3.8) is 0 Å². The molecule has 1 aromatic carbocycles. The third kappa shape index (κ3) is 7.81. The normalized spacial score (nSPS) is 26.4. The lowest BCUT2D eigenvalue weighted by molar-refractivity contribution is -0.134. The van der Waals surface area contributed by atoms with Gasteiger partial charge in [-0.05, 0) is 63.1 Å². The number of aliphatic hydroxyl groups excluding tert-OH is 1. The zero-order valence-electron chi connectivity index (χ0n) is 23.7. The number of hydrogen-bond acceptors (Lipinski definition) is 7. The Morgan fingerprint density at radius 1 is 1.00 bits per heavy atom. The first-order chi connectivity index (χ1) is 19.1. The Morgan fingerprint density at radius 2 is 1.65 bits per heavy atom. The van der Waals surface area contributed by atoms with Gasteiger partial charge in [-0.2, -0.15) is 0 Å². The number of hydrogen-bond donors (Lipinski definition) is 4. The van der Waals surface area contributed by atoms with E-state index in [4.69, 9.17) is 9.47 Å². The second-order valence-corrected chi connectivity index (χ2v) is 11.8. The third-order valence-electron chi connectivity index (χ3n) is 8.53. The summed E-state index contributed by atoms with van der Waals surface area (Å²) in [6.45, 7) is 3.65. The number of ketones is 1. The van der Waals surface area contributed by atoms with Crippen molar-refractivity contribution in [1.29, 1.82) is 0 Å². The minimum atomic E-state index is -0.972. The number of Topliss-reactive ketones (excluding diaryl/α,β-unsaturated/α-hetero) is 1. The maximum absolute atomic E-state index is 13.7. The summed E-state index contributed by atoms with van der Waals surface area (Å²) in [6.07, 6.45) is 6.04. The molecule has 4 N–H and O–H groups in total. The molecule has 1 saturated heterocycles. The number of nitrogens with one attached hydrogen (secondary N) is 3. The average molecular weight is 558 g/mol. The molecule has 4 unspecified atom stereocenters. The van der Waals surface area contributed by atoms with Crippen molar-refractivity contribution >= 4 is 23.5 Å². The number of benzene rings is 1. The average Bonchev–Trinajstić information content (AvgIpc) is 3.28. The van der Waals surface area contributed by atoms with E-state index in [-0.39, 0.29) is 24.0 Å². The predicted octanol–water partition coefficient (Wildman–Crippen LogP) is 1.81. The number of carbonyl (C=O) groups is 4. The summed E-state index contributed by atoms with van der Waals surface area (Å²) >= 11 is 0. The van der Waals surface area contributed by atoms with Gasteiger partial charge in [0.1, 0.15) is 23.4 Å². The third-order valence-corrected chi connectivity index (χ3v) is 8.53. The Kier molecular flexibility index (Phi) is 9.84. The van der Waals surface area contributed by atoms with E-state index < -0.39 is 41.6 Å². The van der Waals surface area contributed by atoms with Crippen LogP contribution in [0.4, 0.5) is 0 Å². The van der Waals surface area contributed by atoms with Crippen LogP contribution < -0.4 is 20.7 Å². The number of methoxy groups -OCH3 is 1. The zero-order valence-corrected chi connectivity index (χ0v) is 23.7. The van der Waals surface area contributed by atoms with Crippen molar-refractivity contribution in [3.05, 3.63) is 29.8 Å². The lowest BCUT2D eigenvalue weighted by Crippen LogP contribution is -2.57. The van der Waals surface area contributed by atoms with E-state index in [1.807, 2.05) is 12.1 Å². The summed E-state index contributed by atoms with van der Waals surface area (Å²) in [5.74, 6) is -0.689. The van der Waals surface area contributed by atoms with Crippen molar-refractivity contribution in [1.82, 2.24) is 16.0 Å². The highest BCUT2D eigenvalue weighted by atomic mass is 16.6. The lowest BCUT2D eigenvalue weighted by Gasteiger charge is -2.27. The van der Waals surface area contributed by atoms with Gasteiger partial charge in [0, 0.05) is 12.3 Å². The summed E-state index contributed by atoms with van der Waals surface area (Å²) in [5.41, 5.74) is -0.0771. The largest absolute Gasteiger partial charge is 0.497 e. The Labute approximate surface area is 235 Å². The van der Waals surface area contributed by atoms with Gasteiger partial charge in [-0.15, -0.1) is 0 Å². The Balaban J connectivity index is 1.46. The van der Waals surface area contributed by atoms with Gasteiger partial charge in [-0.25, -0.2) is 0 Å². The number of aliphatic hydroxyl groups is 1. The second kappa shape index (κ2) is 13.1. The van der Waals surface area contributed by atoms with Crippen LogP contribution in [0, 0.1) is 11.8 Å². The van der Waals surface area contributed by atoms with E-state index in [2.05, 4.69) is 16.0 Å². The molecule has 6 atom stereocenters. The van der Waals surface area contributed by atoms with Gasteiger partial charge < -0.3 is 30.5 Å². The number of rotatable bonds is 13. The van der Waals surface area contributed by atoms with Crippen LogP contribution >= 0.6 is 0 Å². The minimum absolute atomic E-state index is 0.137. The molecule has 4 rings (SSSR count). The molecule has 220 valence electrons. The fourth-order valence-corrected chi connectivity index (χ4v) is 5.80. The first-order valence-electron chi connectivity index (χ1n) is 14.5. The highest BCUT2D eigenvalue weighted by Gasteiger charge is 2.50. The molecule has 1 aromatic rings. The van der Waals surface area contributed by atoms with E-state index in [9.17, 15) is 24.3 Å². The summed E-state index contributed by atoms with van der Waals surface area (Å²) < 4.78 is 10.6. The van der Waals surface area contributed by atoms with Gasteiger partial charge >= 0.3 is 0 Å². The molecule has 1 aliphatic heterocycles. The maximum atomic E-state index is 13.7. The summed E-state index contributed by atoms with van der Waals surface area (Å²) in [6, 6.07) is 4.64. The van der Waals surface area contributed by atoms with Crippen LogP contribution in [0.1, 0.15) is 70.8 Å². The summed E-state index contributed by atoms with van der Waals surface area (Å²) in [4.78, 5) is 52.8. The molecular formula is C30H43N3O7. The molecule has 3 aliphatic rings. The van der Waals surface area contributed by atoms with Crippen LogP contribution in [-0.2, 0) is 30.3 Å². The highest BCUT2D eigenvalue weighted by Crippen LogP contribution is 2.33. The monoisotopic (exact) mass is 557 g/mol. The van der Waals surface area contributed by atoms with Crippen molar-refractivity contribution < 1.29 is 33.8 Å². The molecule has 10 nitrogen and oxygen atoms in total. The molecule has 2 aliphatic carbocycles. The van der Waals surface area contributed by atoms with Crippen LogP contribution in [0.2, 0.25) is 0 Å². The minimum Gasteiger partial charge on any atom is -0.497 e. The molecule has 10 heteroatoms. The van der Waals surface area contributed by atoms with E-state index in [0.29, 0.717) is 44.0 Å². The van der Waals surface area contributed by atoms with Gasteiger partial charge in [0.2, 0.25) is 17.7 Å². The molecular weight excluding hydrogens is 514 g/mol. The van der Waals surface area contributed by atoms with Gasteiger partial charge in [-0.3, -0.25) is 19.2 Å². The summed E-state index contributed by atoms with van der Waals surface area (Å²) in [5, 5.41) is 18.2. The Hall–Kier alpha value is -2.98. The molecule has 1 heterocycles. The standard InChI is InChI=1S/C30H43N3O7/c1-18(31-28(37)21-10-11-22(34)16-21)27(36)33-25(15-20-8-12-23(39-3)13-9-20)29(38)32-24(14-19-6-4-5-7-19)26(35)30(2)17-40-30/h8-9,12-13,18-19,21-22,24-25,34H,4-7,10-11,14-17H2,1-3H3,(H,31,37)(H,32,38)(H,33,36)/t18?,21-,22+,24?,25?,30?/m1/s1. The van der Waals surface area contributed by atoms with Crippen LogP contribution in [0.15, 0.2) is 24.3 Å². The molecule has 2 saturated carbocycles. The Bertz CT molecular complexity index is 1070.